The molecule has 0 aliphatic rings. The maximum atomic E-state index is 12.9. The molecule has 0 rings (SSSR count). The molecule has 0 heterocycles. The van der Waals surface area contributed by atoms with E-state index in [-0.39, 0.29) is 25.7 Å². The molecule has 74 heavy (non-hydrogen) atoms. The van der Waals surface area contributed by atoms with Crippen LogP contribution in [0.5, 0.6) is 0 Å². The number of hydrogen-bond donors (Lipinski definition) is 3. The van der Waals surface area contributed by atoms with E-state index >= 15 is 0 Å². The molecule has 0 radical (unpaired) electrons. The Morgan fingerprint density at radius 1 is 0.365 bits per heavy atom. The van der Waals surface area contributed by atoms with Crippen molar-refractivity contribution in [2.24, 2.45) is 5.92 Å². The molecule has 0 aromatic rings. The lowest BCUT2D eigenvalue weighted by molar-refractivity contribution is -0.161. The maximum absolute atomic E-state index is 12.9. The fourth-order valence-electron chi connectivity index (χ4n) is 7.99. The molecule has 0 fully saturated rings. The van der Waals surface area contributed by atoms with Crippen molar-refractivity contribution >= 4 is 39.5 Å². The zero-order valence-corrected chi connectivity index (χ0v) is 48.7. The van der Waals surface area contributed by atoms with Gasteiger partial charge >= 0.3 is 39.5 Å². The molecular weight excluding hydrogens is 995 g/mol. The second-order valence-electron chi connectivity index (χ2n) is 20.4. The van der Waals surface area contributed by atoms with Gasteiger partial charge in [-0.2, -0.15) is 0 Å². The molecule has 0 spiro atoms. The van der Waals surface area contributed by atoms with Crippen molar-refractivity contribution in [1.29, 1.82) is 0 Å². The van der Waals surface area contributed by atoms with Crippen LogP contribution in [-0.4, -0.2) is 96.7 Å². The summed E-state index contributed by atoms with van der Waals surface area (Å²) in [5.41, 5.74) is 0. The molecule has 0 amide bonds. The minimum absolute atomic E-state index is 0.102. The summed E-state index contributed by atoms with van der Waals surface area (Å²) in [7, 11) is -9.86. The Labute approximate surface area is 447 Å². The minimum Gasteiger partial charge on any atom is -0.462 e. The number of unbranched alkanes of at least 4 members (excludes halogenated alkanes) is 27. The van der Waals surface area contributed by atoms with Gasteiger partial charge in [-0.05, 0) is 31.6 Å². The summed E-state index contributed by atoms with van der Waals surface area (Å²) in [6.45, 7) is 6.96. The average molecular weight is 1100 g/mol. The molecule has 17 nitrogen and oxygen atoms in total. The number of esters is 4. The van der Waals surface area contributed by atoms with Gasteiger partial charge < -0.3 is 33.8 Å². The van der Waals surface area contributed by atoms with Crippen molar-refractivity contribution in [3.05, 3.63) is 0 Å². The van der Waals surface area contributed by atoms with Crippen LogP contribution in [0.15, 0.2) is 0 Å². The van der Waals surface area contributed by atoms with Gasteiger partial charge in [0.15, 0.2) is 12.2 Å². The lowest BCUT2D eigenvalue weighted by atomic mass is 10.0. The van der Waals surface area contributed by atoms with E-state index in [4.69, 9.17) is 37.0 Å². The van der Waals surface area contributed by atoms with E-state index in [1.165, 1.54) is 77.0 Å². The monoisotopic (exact) mass is 1100 g/mol. The van der Waals surface area contributed by atoms with Crippen molar-refractivity contribution in [2.75, 3.05) is 39.6 Å². The van der Waals surface area contributed by atoms with E-state index in [2.05, 4.69) is 34.6 Å². The zero-order valence-electron chi connectivity index (χ0n) is 47.0. The first-order valence-corrected chi connectivity index (χ1v) is 32.1. The molecule has 0 aromatic heterocycles. The van der Waals surface area contributed by atoms with Crippen LogP contribution in [0.1, 0.15) is 266 Å². The molecule has 438 valence electrons. The molecule has 0 saturated heterocycles. The first kappa shape index (κ1) is 72.1. The highest BCUT2D eigenvalue weighted by molar-refractivity contribution is 7.47. The lowest BCUT2D eigenvalue weighted by Gasteiger charge is -2.21. The van der Waals surface area contributed by atoms with E-state index in [0.717, 1.165) is 103 Å². The SMILES string of the molecule is CCCCCCCCCCCC(=O)OC[C@H](COP(=O)(O)OC[C@@H](O)COP(=O)(O)OC[C@@H](COC(=O)CCCCCCCCCC)OC(=O)CCCCCCCCCC)OC(=O)CCCCCCCCC(C)C. The number of aliphatic hydroxyl groups excluding tert-OH is 1. The Balaban J connectivity index is 5.21. The highest BCUT2D eigenvalue weighted by atomic mass is 31.2. The third-order valence-electron chi connectivity index (χ3n) is 12.5. The summed E-state index contributed by atoms with van der Waals surface area (Å²) in [5.74, 6) is -1.49. The number of ether oxygens (including phenoxy) is 4. The average Bonchev–Trinajstić information content (AvgIpc) is 3.36. The van der Waals surface area contributed by atoms with Gasteiger partial charge in [-0.3, -0.25) is 37.3 Å². The molecule has 3 N–H and O–H groups in total. The Morgan fingerprint density at radius 3 is 0.919 bits per heavy atom. The maximum Gasteiger partial charge on any atom is 0.472 e. The van der Waals surface area contributed by atoms with Crippen molar-refractivity contribution in [3.8, 4) is 0 Å². The van der Waals surface area contributed by atoms with Crippen LogP contribution in [0.3, 0.4) is 0 Å². The van der Waals surface area contributed by atoms with Crippen LogP contribution in [0, 0.1) is 5.92 Å². The number of rotatable bonds is 55. The van der Waals surface area contributed by atoms with Crippen LogP contribution in [-0.2, 0) is 65.4 Å². The van der Waals surface area contributed by atoms with Crippen molar-refractivity contribution < 1.29 is 80.2 Å². The van der Waals surface area contributed by atoms with Crippen LogP contribution < -0.4 is 0 Å². The second kappa shape index (κ2) is 49.4. The van der Waals surface area contributed by atoms with Crippen molar-refractivity contribution in [2.45, 2.75) is 284 Å². The number of phosphoric acid groups is 2. The van der Waals surface area contributed by atoms with Gasteiger partial charge in [0.2, 0.25) is 0 Å². The third-order valence-corrected chi connectivity index (χ3v) is 14.4. The van der Waals surface area contributed by atoms with E-state index in [1.807, 2.05) is 0 Å². The Kier molecular flexibility index (Phi) is 48.1. The van der Waals surface area contributed by atoms with E-state index in [1.54, 1.807) is 0 Å². The number of phosphoric ester groups is 2. The molecule has 2 unspecified atom stereocenters. The van der Waals surface area contributed by atoms with E-state index in [0.29, 0.717) is 31.6 Å². The molecule has 5 atom stereocenters. The topological polar surface area (TPSA) is 237 Å². The number of hydrogen-bond acceptors (Lipinski definition) is 15. The van der Waals surface area contributed by atoms with Gasteiger partial charge in [0.05, 0.1) is 26.4 Å². The van der Waals surface area contributed by atoms with Crippen molar-refractivity contribution in [3.63, 3.8) is 0 Å². The summed E-state index contributed by atoms with van der Waals surface area (Å²) in [5, 5.41) is 10.5. The zero-order chi connectivity index (χ0) is 55.0. The molecule has 0 bridgehead atoms. The number of carbonyl (C=O) groups is 4. The van der Waals surface area contributed by atoms with Gasteiger partial charge in [0.1, 0.15) is 19.3 Å². The normalized spacial score (nSPS) is 14.5. The fraction of sp³-hybridized carbons (Fsp3) is 0.927. The molecule has 0 aromatic carbocycles. The van der Waals surface area contributed by atoms with Gasteiger partial charge in [0, 0.05) is 25.7 Å². The summed E-state index contributed by atoms with van der Waals surface area (Å²) in [6.07, 6.45) is 29.6. The highest BCUT2D eigenvalue weighted by Crippen LogP contribution is 2.45. The quantitative estimate of drug-likeness (QED) is 0.0222. The summed E-state index contributed by atoms with van der Waals surface area (Å²) in [4.78, 5) is 71.5. The Bertz CT molecular complexity index is 1470. The number of carbonyl (C=O) groups excluding carboxylic acids is 4. The molecule has 0 saturated carbocycles. The number of aliphatic hydroxyl groups is 1. The van der Waals surface area contributed by atoms with Crippen LogP contribution >= 0.6 is 15.6 Å². The minimum atomic E-state index is -4.93. The van der Waals surface area contributed by atoms with Gasteiger partial charge in [-0.15, -0.1) is 0 Å². The largest absolute Gasteiger partial charge is 0.472 e. The first-order valence-electron chi connectivity index (χ1n) is 29.1. The van der Waals surface area contributed by atoms with E-state index < -0.39 is 97.5 Å². The standard InChI is InChI=1S/C55H106O17P2/c1-6-9-12-15-18-21-24-29-34-39-53(58)66-45-51(72-55(60)41-36-31-26-25-27-32-37-48(4)5)47-70-74(63,64)68-43-49(56)42-67-73(61,62)69-46-50(71-54(59)40-35-30-23-20-17-14-11-8-3)44-65-52(57)38-33-28-22-19-16-13-10-7-2/h48-51,56H,6-47H2,1-5H3,(H,61,62)(H,63,64)/t49-,50+,51+/m0/s1. The van der Waals surface area contributed by atoms with Gasteiger partial charge in [-0.25, -0.2) is 9.13 Å². The third kappa shape index (κ3) is 49.6. The highest BCUT2D eigenvalue weighted by Gasteiger charge is 2.30. The predicted octanol–water partition coefficient (Wildman–Crippen LogP) is 14.3. The van der Waals surface area contributed by atoms with Gasteiger partial charge in [0.25, 0.3) is 0 Å². The Hall–Kier alpha value is -1.94. The summed E-state index contributed by atoms with van der Waals surface area (Å²) >= 11 is 0. The Morgan fingerprint density at radius 2 is 0.622 bits per heavy atom. The molecule has 0 aliphatic heterocycles. The molecular formula is C55H106O17P2. The van der Waals surface area contributed by atoms with Crippen molar-refractivity contribution in [1.82, 2.24) is 0 Å². The lowest BCUT2D eigenvalue weighted by Crippen LogP contribution is -2.30. The smallest absolute Gasteiger partial charge is 0.462 e. The summed E-state index contributed by atoms with van der Waals surface area (Å²) in [6, 6.07) is 0. The fourth-order valence-corrected chi connectivity index (χ4v) is 9.57. The second-order valence-corrected chi connectivity index (χ2v) is 23.4. The predicted molar refractivity (Wildman–Crippen MR) is 289 cm³/mol. The van der Waals surface area contributed by atoms with Crippen LogP contribution in [0.25, 0.3) is 0 Å². The van der Waals surface area contributed by atoms with E-state index in [9.17, 15) is 43.2 Å². The molecule has 19 heteroatoms. The van der Waals surface area contributed by atoms with Crippen LogP contribution in [0.2, 0.25) is 0 Å². The molecule has 0 aliphatic carbocycles. The summed E-state index contributed by atoms with van der Waals surface area (Å²) < 4.78 is 67.4. The van der Waals surface area contributed by atoms with Crippen LogP contribution in [0.4, 0.5) is 0 Å². The first-order chi connectivity index (χ1) is 35.5. The van der Waals surface area contributed by atoms with Gasteiger partial charge in [-0.1, -0.05) is 214 Å².